The fraction of sp³-hybridized carbons (Fsp3) is 0.190. The van der Waals surface area contributed by atoms with Crippen molar-refractivity contribution in [3.63, 3.8) is 0 Å². The predicted octanol–water partition coefficient (Wildman–Crippen LogP) is 3.21. The fourth-order valence-corrected chi connectivity index (χ4v) is 2.62. The minimum atomic E-state index is -0.247. The summed E-state index contributed by atoms with van der Waals surface area (Å²) in [6.45, 7) is 0.530. The molecule has 7 nitrogen and oxygen atoms in total. The zero-order valence-electron chi connectivity index (χ0n) is 15.8. The zero-order valence-corrected chi connectivity index (χ0v) is 15.8. The van der Waals surface area contributed by atoms with Crippen molar-refractivity contribution < 1.29 is 14.3 Å². The van der Waals surface area contributed by atoms with Gasteiger partial charge in [-0.15, -0.1) is 0 Å². The Hall–Kier alpha value is -3.61. The van der Waals surface area contributed by atoms with Crippen molar-refractivity contribution in [2.24, 2.45) is 0 Å². The first kappa shape index (κ1) is 19.2. The topological polar surface area (TPSA) is 85.4 Å². The van der Waals surface area contributed by atoms with E-state index in [4.69, 9.17) is 9.47 Å². The molecule has 0 aliphatic heterocycles. The fourth-order valence-electron chi connectivity index (χ4n) is 2.62. The normalized spacial score (nSPS) is 10.2. The molecule has 0 aliphatic rings. The number of anilines is 2. The summed E-state index contributed by atoms with van der Waals surface area (Å²) < 4.78 is 10.5. The predicted molar refractivity (Wildman–Crippen MR) is 107 cm³/mol. The van der Waals surface area contributed by atoms with Crippen LogP contribution < -0.4 is 20.1 Å². The molecule has 144 valence electrons. The second-order valence-corrected chi connectivity index (χ2v) is 5.95. The summed E-state index contributed by atoms with van der Waals surface area (Å²) in [5, 5.41) is 5.95. The van der Waals surface area contributed by atoms with Gasteiger partial charge < -0.3 is 20.1 Å². The van der Waals surface area contributed by atoms with Crippen molar-refractivity contribution >= 4 is 17.5 Å². The second kappa shape index (κ2) is 9.36. The number of hydrogen-bond donors (Lipinski definition) is 2. The van der Waals surface area contributed by atoms with Crippen LogP contribution in [0.25, 0.3) is 0 Å². The van der Waals surface area contributed by atoms with Crippen LogP contribution in [-0.4, -0.2) is 36.6 Å². The molecule has 0 radical (unpaired) electrons. The largest absolute Gasteiger partial charge is 0.497 e. The highest BCUT2D eigenvalue weighted by molar-refractivity contribution is 5.92. The lowest BCUT2D eigenvalue weighted by atomic mass is 10.1. The van der Waals surface area contributed by atoms with E-state index in [1.54, 1.807) is 38.5 Å². The van der Waals surface area contributed by atoms with Crippen LogP contribution in [-0.2, 0) is 6.42 Å². The summed E-state index contributed by atoms with van der Waals surface area (Å²) >= 11 is 0. The van der Waals surface area contributed by atoms with Gasteiger partial charge in [0.25, 0.3) is 5.91 Å². The Balaban J connectivity index is 1.64. The smallest absolute Gasteiger partial charge is 0.270 e. The Bertz CT molecular complexity index is 932. The number of nitrogens with one attached hydrogen (secondary N) is 2. The number of nitrogens with zero attached hydrogens (tertiary/aromatic N) is 2. The molecule has 0 bridgehead atoms. The van der Waals surface area contributed by atoms with Crippen LogP contribution in [0.15, 0.2) is 60.8 Å². The van der Waals surface area contributed by atoms with E-state index in [0.717, 1.165) is 6.42 Å². The summed E-state index contributed by atoms with van der Waals surface area (Å²) in [4.78, 5) is 20.8. The molecule has 0 saturated heterocycles. The molecule has 0 unspecified atom stereocenters. The lowest BCUT2D eigenvalue weighted by molar-refractivity contribution is 0.0949. The van der Waals surface area contributed by atoms with Gasteiger partial charge in [0.2, 0.25) is 5.95 Å². The molecule has 0 aliphatic carbocycles. The Morgan fingerprint density at radius 3 is 2.61 bits per heavy atom. The number of carbonyl (C=O) groups excluding carboxylic acids is 1. The molecule has 2 aromatic carbocycles. The van der Waals surface area contributed by atoms with Gasteiger partial charge in [0.1, 0.15) is 17.2 Å². The number of benzene rings is 2. The first-order valence-electron chi connectivity index (χ1n) is 8.84. The summed E-state index contributed by atoms with van der Waals surface area (Å²) in [6.07, 6.45) is 2.29. The molecule has 7 heteroatoms. The number of ether oxygens (including phenoxy) is 2. The zero-order chi connectivity index (χ0) is 19.8. The quantitative estimate of drug-likeness (QED) is 0.626. The van der Waals surface area contributed by atoms with E-state index in [0.29, 0.717) is 29.7 Å². The van der Waals surface area contributed by atoms with Gasteiger partial charge in [-0.2, -0.15) is 0 Å². The van der Waals surface area contributed by atoms with Gasteiger partial charge in [0.15, 0.2) is 0 Å². The molecule has 0 atom stereocenters. The Kier molecular flexibility index (Phi) is 6.41. The maximum absolute atomic E-state index is 12.4. The van der Waals surface area contributed by atoms with Gasteiger partial charge in [0.05, 0.1) is 19.9 Å². The van der Waals surface area contributed by atoms with Crippen LogP contribution >= 0.6 is 0 Å². The van der Waals surface area contributed by atoms with E-state index in [2.05, 4.69) is 20.6 Å². The van der Waals surface area contributed by atoms with Crippen molar-refractivity contribution in [3.8, 4) is 11.5 Å². The van der Waals surface area contributed by atoms with E-state index in [-0.39, 0.29) is 11.6 Å². The van der Waals surface area contributed by atoms with Gasteiger partial charge >= 0.3 is 0 Å². The third-order valence-corrected chi connectivity index (χ3v) is 4.09. The summed E-state index contributed by atoms with van der Waals surface area (Å²) in [5.41, 5.74) is 2.13. The Morgan fingerprint density at radius 2 is 1.86 bits per heavy atom. The highest BCUT2D eigenvalue weighted by Gasteiger charge is 2.11. The third kappa shape index (κ3) is 4.97. The molecule has 3 rings (SSSR count). The second-order valence-electron chi connectivity index (χ2n) is 5.95. The van der Waals surface area contributed by atoms with E-state index in [1.165, 1.54) is 11.8 Å². The molecule has 0 fully saturated rings. The van der Waals surface area contributed by atoms with Crippen molar-refractivity contribution in [2.45, 2.75) is 6.42 Å². The van der Waals surface area contributed by atoms with Gasteiger partial charge in [-0.05, 0) is 30.2 Å². The first-order valence-corrected chi connectivity index (χ1v) is 8.84. The molecule has 1 aromatic heterocycles. The van der Waals surface area contributed by atoms with Gasteiger partial charge in [-0.1, -0.05) is 30.3 Å². The first-order chi connectivity index (χ1) is 13.7. The molecule has 1 amide bonds. The third-order valence-electron chi connectivity index (χ3n) is 4.09. The van der Waals surface area contributed by atoms with Crippen molar-refractivity contribution in [1.82, 2.24) is 15.3 Å². The molecule has 3 aromatic rings. The standard InChI is InChI=1S/C21H22N4O3/c1-27-16-8-9-17(19(14-16)28-2)24-21-23-13-11-18(25-21)20(26)22-12-10-15-6-4-3-5-7-15/h3-9,11,13-14H,10,12H2,1-2H3,(H,22,26)(H,23,24,25). The molecular formula is C21H22N4O3. The summed E-state index contributed by atoms with van der Waals surface area (Å²) in [6, 6.07) is 16.9. The van der Waals surface area contributed by atoms with Crippen LogP contribution in [0.3, 0.4) is 0 Å². The Labute approximate surface area is 163 Å². The minimum Gasteiger partial charge on any atom is -0.497 e. The molecule has 28 heavy (non-hydrogen) atoms. The molecular weight excluding hydrogens is 356 g/mol. The number of rotatable bonds is 8. The summed E-state index contributed by atoms with van der Waals surface area (Å²) in [7, 11) is 3.16. The number of aromatic nitrogens is 2. The average molecular weight is 378 g/mol. The summed E-state index contributed by atoms with van der Waals surface area (Å²) in [5.74, 6) is 1.32. The van der Waals surface area contributed by atoms with Gasteiger partial charge in [-0.3, -0.25) is 4.79 Å². The average Bonchev–Trinajstić information content (AvgIpc) is 2.75. The molecule has 1 heterocycles. The van der Waals surface area contributed by atoms with E-state index >= 15 is 0 Å². The Morgan fingerprint density at radius 1 is 1.04 bits per heavy atom. The molecule has 0 saturated carbocycles. The lowest BCUT2D eigenvalue weighted by Crippen LogP contribution is -2.26. The van der Waals surface area contributed by atoms with Crippen LogP contribution in [0.2, 0.25) is 0 Å². The van der Waals surface area contributed by atoms with Crippen LogP contribution in [0.5, 0.6) is 11.5 Å². The maximum atomic E-state index is 12.4. The van der Waals surface area contributed by atoms with Gasteiger partial charge in [0, 0.05) is 18.8 Å². The van der Waals surface area contributed by atoms with E-state index in [1.807, 2.05) is 30.3 Å². The monoisotopic (exact) mass is 378 g/mol. The van der Waals surface area contributed by atoms with E-state index in [9.17, 15) is 4.79 Å². The molecule has 0 spiro atoms. The number of methoxy groups -OCH3 is 2. The lowest BCUT2D eigenvalue weighted by Gasteiger charge is -2.12. The highest BCUT2D eigenvalue weighted by Crippen LogP contribution is 2.30. The van der Waals surface area contributed by atoms with Crippen molar-refractivity contribution in [2.75, 3.05) is 26.1 Å². The number of amides is 1. The van der Waals surface area contributed by atoms with E-state index < -0.39 is 0 Å². The SMILES string of the molecule is COc1ccc(Nc2nccc(C(=O)NCCc3ccccc3)n2)c(OC)c1. The number of hydrogen-bond acceptors (Lipinski definition) is 6. The van der Waals surface area contributed by atoms with Crippen LogP contribution in [0.4, 0.5) is 11.6 Å². The van der Waals surface area contributed by atoms with Crippen molar-refractivity contribution in [1.29, 1.82) is 0 Å². The number of carbonyl (C=O) groups is 1. The van der Waals surface area contributed by atoms with Crippen LogP contribution in [0, 0.1) is 0 Å². The van der Waals surface area contributed by atoms with Crippen molar-refractivity contribution in [3.05, 3.63) is 72.1 Å². The van der Waals surface area contributed by atoms with Gasteiger partial charge in [-0.25, -0.2) is 9.97 Å². The highest BCUT2D eigenvalue weighted by atomic mass is 16.5. The molecule has 2 N–H and O–H groups in total. The van der Waals surface area contributed by atoms with Crippen LogP contribution in [0.1, 0.15) is 16.1 Å². The minimum absolute atomic E-state index is 0.247. The maximum Gasteiger partial charge on any atom is 0.270 e.